The van der Waals surface area contributed by atoms with E-state index in [2.05, 4.69) is 14.7 Å². The molecule has 0 aliphatic carbocycles. The van der Waals surface area contributed by atoms with Crippen molar-refractivity contribution >= 4 is 11.4 Å². The number of aryl methyl sites for hydroxylation is 1. The first-order valence-electron chi connectivity index (χ1n) is 9.69. The summed E-state index contributed by atoms with van der Waals surface area (Å²) in [6, 6.07) is 21.5. The number of aromatic nitrogens is 2. The highest BCUT2D eigenvalue weighted by Crippen LogP contribution is 2.30. The molecule has 0 unspecified atom stereocenters. The Kier molecular flexibility index (Phi) is 5.56. The van der Waals surface area contributed by atoms with E-state index in [1.807, 2.05) is 73.1 Å². The van der Waals surface area contributed by atoms with Crippen molar-refractivity contribution in [2.45, 2.75) is 12.8 Å². The van der Waals surface area contributed by atoms with Crippen LogP contribution in [0.1, 0.15) is 22.6 Å². The van der Waals surface area contributed by atoms with E-state index in [1.54, 1.807) is 13.2 Å². The summed E-state index contributed by atoms with van der Waals surface area (Å²) in [5.41, 5.74) is 3.63. The highest BCUT2D eigenvalue weighted by Gasteiger charge is 2.11. The van der Waals surface area contributed by atoms with Crippen molar-refractivity contribution in [2.24, 2.45) is 0 Å². The number of carbonyl (C=O) groups excluding carboxylic acids is 1. The third-order valence-corrected chi connectivity index (χ3v) is 4.92. The van der Waals surface area contributed by atoms with E-state index in [0.717, 1.165) is 41.1 Å². The predicted octanol–water partition coefficient (Wildman–Crippen LogP) is 4.37. The number of carbonyl (C=O) groups is 1. The van der Waals surface area contributed by atoms with Crippen molar-refractivity contribution in [1.82, 2.24) is 14.7 Å². The molecule has 4 rings (SSSR count). The standard InChI is InChI=1S/C24H23N3O2/c1-29-22-13-12-19(16-21(22)18-8-3-2-4-9-18)24(28)25-14-7-11-23-26-17-20-10-5-6-15-27(20)23/h2-6,8-10,12-13,15-17H,7,11,14H2,1H3,(H,25,28). The Labute approximate surface area is 170 Å². The highest BCUT2D eigenvalue weighted by molar-refractivity contribution is 5.96. The van der Waals surface area contributed by atoms with E-state index in [9.17, 15) is 4.79 Å². The van der Waals surface area contributed by atoms with Crippen molar-refractivity contribution in [3.63, 3.8) is 0 Å². The number of ether oxygens (including phenoxy) is 1. The minimum absolute atomic E-state index is 0.0854. The molecule has 1 amide bonds. The number of nitrogens with one attached hydrogen (secondary N) is 1. The summed E-state index contributed by atoms with van der Waals surface area (Å²) in [7, 11) is 1.64. The molecule has 0 saturated carbocycles. The van der Waals surface area contributed by atoms with Gasteiger partial charge in [-0.1, -0.05) is 36.4 Å². The number of methoxy groups -OCH3 is 1. The zero-order valence-electron chi connectivity index (χ0n) is 16.3. The molecule has 0 fully saturated rings. The van der Waals surface area contributed by atoms with Crippen molar-refractivity contribution in [1.29, 1.82) is 0 Å². The molecule has 0 aliphatic heterocycles. The predicted molar refractivity (Wildman–Crippen MR) is 114 cm³/mol. The summed E-state index contributed by atoms with van der Waals surface area (Å²) < 4.78 is 7.55. The molecular weight excluding hydrogens is 362 g/mol. The zero-order valence-corrected chi connectivity index (χ0v) is 16.3. The number of nitrogens with zero attached hydrogens (tertiary/aromatic N) is 2. The van der Waals surface area contributed by atoms with E-state index in [1.165, 1.54) is 0 Å². The van der Waals surface area contributed by atoms with Crippen molar-refractivity contribution in [3.8, 4) is 16.9 Å². The number of amides is 1. The first kappa shape index (κ1) is 18.7. The van der Waals surface area contributed by atoms with Gasteiger partial charge in [-0.05, 0) is 42.3 Å². The minimum Gasteiger partial charge on any atom is -0.496 e. The van der Waals surface area contributed by atoms with Gasteiger partial charge >= 0.3 is 0 Å². The maximum absolute atomic E-state index is 12.6. The van der Waals surface area contributed by atoms with Crippen molar-refractivity contribution in [3.05, 3.63) is 90.5 Å². The lowest BCUT2D eigenvalue weighted by Gasteiger charge is -2.11. The second-order valence-electron chi connectivity index (χ2n) is 6.81. The summed E-state index contributed by atoms with van der Waals surface area (Å²) in [6.07, 6.45) is 5.51. The number of rotatable bonds is 7. The Bertz CT molecular complexity index is 1120. The molecule has 0 bridgehead atoms. The molecule has 2 aromatic heterocycles. The quantitative estimate of drug-likeness (QED) is 0.481. The van der Waals surface area contributed by atoms with E-state index in [-0.39, 0.29) is 5.91 Å². The van der Waals surface area contributed by atoms with Gasteiger partial charge in [0.25, 0.3) is 5.91 Å². The zero-order chi connectivity index (χ0) is 20.1. The lowest BCUT2D eigenvalue weighted by Crippen LogP contribution is -2.25. The Balaban J connectivity index is 1.39. The molecule has 1 N–H and O–H groups in total. The van der Waals surface area contributed by atoms with Gasteiger partial charge in [0, 0.05) is 30.3 Å². The number of hydrogen-bond acceptors (Lipinski definition) is 3. The van der Waals surface area contributed by atoms with Gasteiger partial charge in [-0.25, -0.2) is 4.98 Å². The molecular formula is C24H23N3O2. The third kappa shape index (κ3) is 4.14. The molecule has 29 heavy (non-hydrogen) atoms. The van der Waals surface area contributed by atoms with Gasteiger partial charge in [-0.3, -0.25) is 4.79 Å². The van der Waals surface area contributed by atoms with Crippen LogP contribution < -0.4 is 10.1 Å². The molecule has 5 heteroatoms. The number of pyridine rings is 1. The second kappa shape index (κ2) is 8.61. The highest BCUT2D eigenvalue weighted by atomic mass is 16.5. The number of fused-ring (bicyclic) bond motifs is 1. The first-order chi connectivity index (χ1) is 14.3. The monoisotopic (exact) mass is 385 g/mol. The van der Waals surface area contributed by atoms with Crippen LogP contribution >= 0.6 is 0 Å². The minimum atomic E-state index is -0.0854. The van der Waals surface area contributed by atoms with Crippen LogP contribution in [0.25, 0.3) is 16.6 Å². The lowest BCUT2D eigenvalue weighted by atomic mass is 10.0. The molecule has 4 aromatic rings. The van der Waals surface area contributed by atoms with Gasteiger partial charge in [0.05, 0.1) is 18.8 Å². The van der Waals surface area contributed by atoms with Crippen molar-refractivity contribution in [2.75, 3.05) is 13.7 Å². The fraction of sp³-hybridized carbons (Fsp3) is 0.167. The van der Waals surface area contributed by atoms with Crippen LogP contribution in [0.5, 0.6) is 5.75 Å². The summed E-state index contributed by atoms with van der Waals surface area (Å²) in [6.45, 7) is 0.591. The van der Waals surface area contributed by atoms with Crippen LogP contribution in [0.15, 0.2) is 79.1 Å². The molecule has 5 nitrogen and oxygen atoms in total. The summed E-state index contributed by atoms with van der Waals surface area (Å²) in [5.74, 6) is 1.67. The Morgan fingerprint density at radius 1 is 1.07 bits per heavy atom. The number of hydrogen-bond donors (Lipinski definition) is 1. The largest absolute Gasteiger partial charge is 0.496 e. The average Bonchev–Trinajstić information content (AvgIpc) is 3.20. The molecule has 146 valence electrons. The van der Waals surface area contributed by atoms with Crippen LogP contribution in [0.3, 0.4) is 0 Å². The van der Waals surface area contributed by atoms with Crippen molar-refractivity contribution < 1.29 is 9.53 Å². The van der Waals surface area contributed by atoms with Gasteiger partial charge < -0.3 is 14.5 Å². The van der Waals surface area contributed by atoms with Gasteiger partial charge in [0.1, 0.15) is 11.6 Å². The first-order valence-corrected chi connectivity index (χ1v) is 9.69. The van der Waals surface area contributed by atoms with E-state index in [4.69, 9.17) is 4.74 Å². The Hall–Kier alpha value is -3.60. The molecule has 0 spiro atoms. The Morgan fingerprint density at radius 2 is 1.90 bits per heavy atom. The topological polar surface area (TPSA) is 55.6 Å². The molecule has 2 heterocycles. The van der Waals surface area contributed by atoms with Gasteiger partial charge in [0.15, 0.2) is 0 Å². The molecule has 2 aromatic carbocycles. The summed E-state index contributed by atoms with van der Waals surface area (Å²) >= 11 is 0. The van der Waals surface area contributed by atoms with Crippen LogP contribution in [-0.4, -0.2) is 28.9 Å². The van der Waals surface area contributed by atoms with Crippen LogP contribution in [0, 0.1) is 0 Å². The fourth-order valence-corrected chi connectivity index (χ4v) is 3.43. The van der Waals surface area contributed by atoms with Crippen LogP contribution in [0.2, 0.25) is 0 Å². The summed E-state index contributed by atoms with van der Waals surface area (Å²) in [5, 5.41) is 3.01. The molecule has 0 saturated heterocycles. The third-order valence-electron chi connectivity index (χ3n) is 4.92. The summed E-state index contributed by atoms with van der Waals surface area (Å²) in [4.78, 5) is 17.1. The number of imidazole rings is 1. The van der Waals surface area contributed by atoms with Crippen LogP contribution in [0.4, 0.5) is 0 Å². The van der Waals surface area contributed by atoms with E-state index < -0.39 is 0 Å². The average molecular weight is 385 g/mol. The van der Waals surface area contributed by atoms with Gasteiger partial charge in [0.2, 0.25) is 0 Å². The molecule has 0 atom stereocenters. The maximum atomic E-state index is 12.6. The Morgan fingerprint density at radius 3 is 2.72 bits per heavy atom. The number of benzene rings is 2. The SMILES string of the molecule is COc1ccc(C(=O)NCCCc2ncc3ccccn23)cc1-c1ccccc1. The van der Waals surface area contributed by atoms with Gasteiger partial charge in [-0.2, -0.15) is 0 Å². The van der Waals surface area contributed by atoms with E-state index in [0.29, 0.717) is 12.1 Å². The van der Waals surface area contributed by atoms with Crippen LogP contribution in [-0.2, 0) is 6.42 Å². The fourth-order valence-electron chi connectivity index (χ4n) is 3.43. The normalized spacial score (nSPS) is 10.8. The molecule has 0 radical (unpaired) electrons. The maximum Gasteiger partial charge on any atom is 0.251 e. The molecule has 0 aliphatic rings. The second-order valence-corrected chi connectivity index (χ2v) is 6.81. The van der Waals surface area contributed by atoms with Gasteiger partial charge in [-0.15, -0.1) is 0 Å². The van der Waals surface area contributed by atoms with E-state index >= 15 is 0 Å². The smallest absolute Gasteiger partial charge is 0.251 e. The lowest BCUT2D eigenvalue weighted by molar-refractivity contribution is 0.0953.